The molecule has 0 saturated heterocycles. The van der Waals surface area contributed by atoms with Gasteiger partial charge in [-0.05, 0) is 34.4 Å². The largest absolute Gasteiger partial charge is 0.493 e. The summed E-state index contributed by atoms with van der Waals surface area (Å²) in [7, 11) is 0. The van der Waals surface area contributed by atoms with Crippen LogP contribution in [0.15, 0.2) is 66.7 Å². The van der Waals surface area contributed by atoms with Gasteiger partial charge in [0.05, 0.1) is 18.1 Å². The van der Waals surface area contributed by atoms with Crippen molar-refractivity contribution in [3.63, 3.8) is 0 Å². The number of benzene rings is 3. The minimum Gasteiger partial charge on any atom is -0.493 e. The molecule has 0 unspecified atom stereocenters. The van der Waals surface area contributed by atoms with E-state index >= 15 is 0 Å². The number of aliphatic hydroxyl groups excluding tert-OH is 1. The van der Waals surface area contributed by atoms with E-state index in [0.717, 1.165) is 17.7 Å². The van der Waals surface area contributed by atoms with Crippen molar-refractivity contribution in [3.05, 3.63) is 83.4 Å². The molecule has 0 aromatic heterocycles. The molecule has 1 spiro atoms. The van der Waals surface area contributed by atoms with Crippen molar-refractivity contribution in [3.8, 4) is 5.75 Å². The molecule has 118 valence electrons. The predicted molar refractivity (Wildman–Crippen MR) is 96.3 cm³/mol. The number of ether oxygens (including phenoxy) is 1. The third-order valence-electron chi connectivity index (χ3n) is 5.50. The van der Waals surface area contributed by atoms with Gasteiger partial charge >= 0.3 is 0 Å². The van der Waals surface area contributed by atoms with E-state index in [2.05, 4.69) is 54.6 Å². The van der Waals surface area contributed by atoms with Gasteiger partial charge < -0.3 is 9.84 Å². The van der Waals surface area contributed by atoms with Gasteiger partial charge in [0.1, 0.15) is 5.75 Å². The Labute approximate surface area is 141 Å². The van der Waals surface area contributed by atoms with Crippen molar-refractivity contribution in [2.24, 2.45) is 0 Å². The summed E-state index contributed by atoms with van der Waals surface area (Å²) >= 11 is 0. The highest BCUT2D eigenvalue weighted by Crippen LogP contribution is 2.51. The summed E-state index contributed by atoms with van der Waals surface area (Å²) in [6.07, 6.45) is 4.18. The van der Waals surface area contributed by atoms with Crippen molar-refractivity contribution >= 4 is 16.8 Å². The number of rotatable bonds is 0. The van der Waals surface area contributed by atoms with Gasteiger partial charge in [-0.1, -0.05) is 66.7 Å². The second kappa shape index (κ2) is 4.96. The van der Waals surface area contributed by atoms with Crippen LogP contribution in [0.25, 0.3) is 16.8 Å². The molecule has 5 rings (SSSR count). The standard InChI is InChI=1S/C22H18O2/c23-20-12-10-16-6-2-4-8-18(16)22(20)13-14-24-19-11-9-15-5-1-3-7-17(15)21(19)22/h1-12,20,23H,13-14H2/t20-,22+/m0/s1. The molecular formula is C22H18O2. The molecule has 2 heteroatoms. The predicted octanol–water partition coefficient (Wildman–Crippen LogP) is 4.30. The average Bonchev–Trinajstić information content (AvgIpc) is 2.65. The normalized spacial score (nSPS) is 24.5. The van der Waals surface area contributed by atoms with Crippen molar-refractivity contribution in [2.75, 3.05) is 6.61 Å². The molecule has 1 aliphatic carbocycles. The van der Waals surface area contributed by atoms with Crippen LogP contribution in [-0.2, 0) is 5.41 Å². The first kappa shape index (κ1) is 13.8. The lowest BCUT2D eigenvalue weighted by Crippen LogP contribution is -2.45. The topological polar surface area (TPSA) is 29.5 Å². The van der Waals surface area contributed by atoms with Gasteiger partial charge in [0.2, 0.25) is 0 Å². The van der Waals surface area contributed by atoms with E-state index in [1.807, 2.05) is 18.2 Å². The third-order valence-corrected chi connectivity index (χ3v) is 5.50. The van der Waals surface area contributed by atoms with E-state index in [9.17, 15) is 5.11 Å². The molecule has 3 aromatic rings. The molecule has 2 aliphatic rings. The van der Waals surface area contributed by atoms with E-state index in [1.165, 1.54) is 21.9 Å². The summed E-state index contributed by atoms with van der Waals surface area (Å²) in [5.41, 5.74) is 3.06. The molecule has 0 radical (unpaired) electrons. The molecule has 24 heavy (non-hydrogen) atoms. The summed E-state index contributed by atoms with van der Waals surface area (Å²) in [6, 6.07) is 20.9. The van der Waals surface area contributed by atoms with Crippen molar-refractivity contribution in [1.82, 2.24) is 0 Å². The molecular weight excluding hydrogens is 296 g/mol. The van der Waals surface area contributed by atoms with E-state index < -0.39 is 11.5 Å². The highest BCUT2D eigenvalue weighted by Gasteiger charge is 2.47. The number of hydrogen-bond donors (Lipinski definition) is 1. The second-order valence-corrected chi connectivity index (χ2v) is 6.62. The first-order valence-electron chi connectivity index (χ1n) is 8.41. The Morgan fingerprint density at radius 2 is 1.79 bits per heavy atom. The summed E-state index contributed by atoms with van der Waals surface area (Å²) in [5, 5.41) is 13.4. The van der Waals surface area contributed by atoms with Gasteiger partial charge in [-0.15, -0.1) is 0 Å². The smallest absolute Gasteiger partial charge is 0.124 e. The third kappa shape index (κ3) is 1.69. The molecule has 1 N–H and O–H groups in total. The summed E-state index contributed by atoms with van der Waals surface area (Å²) < 4.78 is 5.99. The van der Waals surface area contributed by atoms with Crippen molar-refractivity contribution < 1.29 is 9.84 Å². The molecule has 1 aliphatic heterocycles. The van der Waals surface area contributed by atoms with Crippen LogP contribution in [0.2, 0.25) is 0 Å². The molecule has 2 nitrogen and oxygen atoms in total. The minimum atomic E-state index is -0.555. The Bertz CT molecular complexity index is 973. The highest BCUT2D eigenvalue weighted by molar-refractivity contribution is 5.90. The molecule has 3 aromatic carbocycles. The average molecular weight is 314 g/mol. The monoisotopic (exact) mass is 314 g/mol. The Hall–Kier alpha value is -2.58. The van der Waals surface area contributed by atoms with Gasteiger partial charge in [-0.3, -0.25) is 0 Å². The first-order valence-corrected chi connectivity index (χ1v) is 8.41. The zero-order chi connectivity index (χ0) is 16.1. The fourth-order valence-corrected chi connectivity index (χ4v) is 4.41. The van der Waals surface area contributed by atoms with Gasteiger partial charge in [-0.2, -0.15) is 0 Å². The van der Waals surface area contributed by atoms with E-state index in [1.54, 1.807) is 0 Å². The van der Waals surface area contributed by atoms with E-state index in [4.69, 9.17) is 4.74 Å². The summed E-state index contributed by atoms with van der Waals surface area (Å²) in [4.78, 5) is 0. The number of fused-ring (bicyclic) bond motifs is 6. The Balaban J connectivity index is 1.92. The summed E-state index contributed by atoms with van der Waals surface area (Å²) in [5.74, 6) is 0.893. The van der Waals surface area contributed by atoms with Crippen LogP contribution >= 0.6 is 0 Å². The zero-order valence-corrected chi connectivity index (χ0v) is 13.3. The maximum atomic E-state index is 11.1. The zero-order valence-electron chi connectivity index (χ0n) is 13.3. The maximum absolute atomic E-state index is 11.1. The Kier molecular flexibility index (Phi) is 2.85. The van der Waals surface area contributed by atoms with Gasteiger partial charge in [-0.25, -0.2) is 0 Å². The van der Waals surface area contributed by atoms with Crippen LogP contribution in [-0.4, -0.2) is 17.8 Å². The van der Waals surface area contributed by atoms with Gasteiger partial charge in [0, 0.05) is 5.56 Å². The lowest BCUT2D eigenvalue weighted by molar-refractivity contribution is 0.108. The second-order valence-electron chi connectivity index (χ2n) is 6.62. The fourth-order valence-electron chi connectivity index (χ4n) is 4.41. The lowest BCUT2D eigenvalue weighted by Gasteiger charge is -2.45. The van der Waals surface area contributed by atoms with Crippen molar-refractivity contribution in [2.45, 2.75) is 17.9 Å². The lowest BCUT2D eigenvalue weighted by atomic mass is 9.62. The fraction of sp³-hybridized carbons (Fsp3) is 0.182. The number of hydrogen-bond acceptors (Lipinski definition) is 2. The van der Waals surface area contributed by atoms with Crippen LogP contribution in [0.5, 0.6) is 5.75 Å². The quantitative estimate of drug-likeness (QED) is 0.670. The van der Waals surface area contributed by atoms with Crippen LogP contribution in [0.4, 0.5) is 0 Å². The van der Waals surface area contributed by atoms with Crippen LogP contribution in [0.1, 0.15) is 23.1 Å². The van der Waals surface area contributed by atoms with Crippen LogP contribution in [0, 0.1) is 0 Å². The Morgan fingerprint density at radius 3 is 2.75 bits per heavy atom. The molecule has 0 bridgehead atoms. The molecule has 1 heterocycles. The SMILES string of the molecule is O[C@H]1C=Cc2ccccc2[C@]12CCOc1ccc3ccccc3c12. The van der Waals surface area contributed by atoms with Gasteiger partial charge in [0.25, 0.3) is 0 Å². The Morgan fingerprint density at radius 1 is 0.958 bits per heavy atom. The molecule has 0 amide bonds. The summed E-state index contributed by atoms with van der Waals surface area (Å²) in [6.45, 7) is 0.616. The van der Waals surface area contributed by atoms with E-state index in [-0.39, 0.29) is 0 Å². The molecule has 2 atom stereocenters. The van der Waals surface area contributed by atoms with Crippen molar-refractivity contribution in [1.29, 1.82) is 0 Å². The number of aliphatic hydroxyl groups is 1. The minimum absolute atomic E-state index is 0.445. The molecule has 0 saturated carbocycles. The molecule has 0 fully saturated rings. The van der Waals surface area contributed by atoms with Crippen LogP contribution in [0.3, 0.4) is 0 Å². The van der Waals surface area contributed by atoms with E-state index in [0.29, 0.717) is 6.61 Å². The maximum Gasteiger partial charge on any atom is 0.124 e. The first-order chi connectivity index (χ1) is 11.8. The van der Waals surface area contributed by atoms with Gasteiger partial charge in [0.15, 0.2) is 0 Å². The van der Waals surface area contributed by atoms with Crippen LogP contribution < -0.4 is 4.74 Å². The highest BCUT2D eigenvalue weighted by atomic mass is 16.5.